The van der Waals surface area contributed by atoms with Crippen LogP contribution in [0.1, 0.15) is 37.7 Å². The van der Waals surface area contributed by atoms with Gasteiger partial charge in [0.2, 0.25) is 0 Å². The van der Waals surface area contributed by atoms with Gasteiger partial charge in [-0.3, -0.25) is 0 Å². The molecule has 1 fully saturated rings. The molecule has 0 saturated heterocycles. The molecule has 1 atom stereocenters. The lowest BCUT2D eigenvalue weighted by Crippen LogP contribution is -2.29. The molecule has 1 unspecified atom stereocenters. The minimum absolute atomic E-state index is 0.0588. The van der Waals surface area contributed by atoms with E-state index in [-0.39, 0.29) is 15.9 Å². The van der Waals surface area contributed by atoms with Gasteiger partial charge in [-0.1, -0.05) is 12.1 Å². The number of benzene rings is 1. The second kappa shape index (κ2) is 6.32. The lowest BCUT2D eigenvalue weighted by atomic mass is 9.90. The van der Waals surface area contributed by atoms with Crippen LogP contribution in [0.2, 0.25) is 0 Å². The predicted molar refractivity (Wildman–Crippen MR) is 100 cm³/mol. The summed E-state index contributed by atoms with van der Waals surface area (Å²) in [6, 6.07) is 6.44. The predicted octanol–water partition coefficient (Wildman–Crippen LogP) is 5.21. The number of hydrogen-bond donors (Lipinski definition) is 0. The van der Waals surface area contributed by atoms with Gasteiger partial charge in [0.15, 0.2) is 15.7 Å². The van der Waals surface area contributed by atoms with E-state index in [1.807, 2.05) is 0 Å². The Balaban J connectivity index is 1.78. The zero-order chi connectivity index (χ0) is 20.3. The summed E-state index contributed by atoms with van der Waals surface area (Å²) in [6.45, 7) is 0. The summed E-state index contributed by atoms with van der Waals surface area (Å²) in [5, 5.41) is 0. The second-order valence-electron chi connectivity index (χ2n) is 8.03. The van der Waals surface area contributed by atoms with Gasteiger partial charge in [-0.05, 0) is 66.0 Å². The van der Waals surface area contributed by atoms with Crippen LogP contribution >= 0.6 is 0 Å². The van der Waals surface area contributed by atoms with Gasteiger partial charge in [-0.15, -0.1) is 0 Å². The second-order valence-corrected chi connectivity index (χ2v) is 10.0. The summed E-state index contributed by atoms with van der Waals surface area (Å²) in [4.78, 5) is 0.203. The maximum atomic E-state index is 14.8. The minimum Gasteiger partial charge on any atom is -0.344 e. The van der Waals surface area contributed by atoms with Crippen LogP contribution in [0.15, 0.2) is 58.0 Å². The van der Waals surface area contributed by atoms with E-state index in [0.29, 0.717) is 12.0 Å². The Kier molecular flexibility index (Phi) is 4.39. The van der Waals surface area contributed by atoms with E-state index >= 15 is 0 Å². The van der Waals surface area contributed by atoms with Gasteiger partial charge in [0, 0.05) is 18.9 Å². The first-order valence-electron chi connectivity index (χ1n) is 9.10. The van der Waals surface area contributed by atoms with Crippen molar-refractivity contribution >= 4 is 15.4 Å². The first kappa shape index (κ1) is 19.5. The van der Waals surface area contributed by atoms with Gasteiger partial charge in [-0.25, -0.2) is 21.6 Å². The van der Waals surface area contributed by atoms with Gasteiger partial charge in [0.25, 0.3) is 5.85 Å². The molecule has 0 heterocycles. The van der Waals surface area contributed by atoms with Gasteiger partial charge < -0.3 is 4.74 Å². The first-order chi connectivity index (χ1) is 13.1. The highest BCUT2D eigenvalue weighted by Crippen LogP contribution is 2.63. The highest BCUT2D eigenvalue weighted by Gasteiger charge is 2.50. The molecule has 1 saturated carbocycles. The number of alkyl halides is 1. The number of ether oxygens (including phenoxy) is 1. The molecule has 0 radical (unpaired) electrons. The Morgan fingerprint density at radius 3 is 2.14 bits per heavy atom. The summed E-state index contributed by atoms with van der Waals surface area (Å²) in [5.74, 6) is -4.63. The quantitative estimate of drug-likeness (QED) is 0.684. The van der Waals surface area contributed by atoms with E-state index in [1.165, 1.54) is 12.1 Å². The van der Waals surface area contributed by atoms with Crippen LogP contribution in [0.25, 0.3) is 5.57 Å². The topological polar surface area (TPSA) is 43.4 Å². The summed E-state index contributed by atoms with van der Waals surface area (Å²) >= 11 is 0. The fourth-order valence-electron chi connectivity index (χ4n) is 4.11. The van der Waals surface area contributed by atoms with Crippen molar-refractivity contribution in [1.29, 1.82) is 0 Å². The molecule has 0 bridgehead atoms. The van der Waals surface area contributed by atoms with Crippen LogP contribution in [0, 0.1) is 5.41 Å². The largest absolute Gasteiger partial charge is 0.344 e. The molecule has 4 rings (SSSR count). The average molecular weight is 410 g/mol. The van der Waals surface area contributed by atoms with Crippen molar-refractivity contribution < 1.29 is 26.3 Å². The van der Waals surface area contributed by atoms with Crippen molar-refractivity contribution in [3.63, 3.8) is 0 Å². The number of allylic oxidation sites excluding steroid dienone is 4. The molecule has 28 heavy (non-hydrogen) atoms. The highest BCUT2D eigenvalue weighted by molar-refractivity contribution is 7.90. The normalized spacial score (nSPS) is 26.8. The SMILES string of the molecule is COC1(F)CC(F)=C(C2=C(c3ccc(S(C)(=O)=O)cc3)CC3(CC3)C2)C=C1F. The summed E-state index contributed by atoms with van der Waals surface area (Å²) in [7, 11) is -2.31. The molecule has 0 aliphatic heterocycles. The van der Waals surface area contributed by atoms with Crippen molar-refractivity contribution in [3.05, 3.63) is 58.7 Å². The van der Waals surface area contributed by atoms with Crippen LogP contribution in [-0.2, 0) is 14.6 Å². The van der Waals surface area contributed by atoms with E-state index in [1.54, 1.807) is 12.1 Å². The third kappa shape index (κ3) is 3.24. The van der Waals surface area contributed by atoms with Crippen molar-refractivity contribution in [1.82, 2.24) is 0 Å². The molecule has 1 aromatic rings. The van der Waals surface area contributed by atoms with Gasteiger partial charge in [0.05, 0.1) is 11.3 Å². The fourth-order valence-corrected chi connectivity index (χ4v) is 4.74. The molecule has 3 aliphatic carbocycles. The molecule has 0 aromatic heterocycles. The number of sulfone groups is 1. The number of methoxy groups -OCH3 is 1. The molecule has 0 amide bonds. The van der Waals surface area contributed by atoms with Crippen LogP contribution < -0.4 is 0 Å². The molecule has 3 aliphatic rings. The Morgan fingerprint density at radius 1 is 1.00 bits per heavy atom. The molecule has 7 heteroatoms. The molecule has 1 spiro atoms. The minimum atomic E-state index is -3.32. The van der Waals surface area contributed by atoms with Crippen LogP contribution in [-0.4, -0.2) is 27.6 Å². The van der Waals surface area contributed by atoms with Gasteiger partial charge in [0.1, 0.15) is 5.83 Å². The van der Waals surface area contributed by atoms with Crippen molar-refractivity contribution in [2.45, 2.75) is 42.9 Å². The Morgan fingerprint density at radius 2 is 1.61 bits per heavy atom. The number of halogens is 3. The summed E-state index contributed by atoms with van der Waals surface area (Å²) in [6.07, 6.45) is 4.59. The Labute approximate surface area is 162 Å². The average Bonchev–Trinajstić information content (AvgIpc) is 3.29. The fraction of sp³-hybridized carbons (Fsp3) is 0.429. The lowest BCUT2D eigenvalue weighted by molar-refractivity contribution is -0.107. The molecule has 0 N–H and O–H groups in total. The standard InChI is InChI=1S/C21H21F3O3S/c1-27-21(24)12-18(22)15(9-19(21)23)17-11-20(7-8-20)10-16(17)13-3-5-14(6-4-13)28(2,25)26/h3-6,9H,7-8,10-12H2,1-2H3. The van der Waals surface area contributed by atoms with E-state index in [4.69, 9.17) is 0 Å². The van der Waals surface area contributed by atoms with Gasteiger partial charge in [-0.2, -0.15) is 0 Å². The number of hydrogen-bond acceptors (Lipinski definition) is 3. The maximum absolute atomic E-state index is 14.8. The van der Waals surface area contributed by atoms with E-state index in [9.17, 15) is 21.6 Å². The van der Waals surface area contributed by atoms with Gasteiger partial charge >= 0.3 is 0 Å². The molecule has 150 valence electrons. The third-order valence-electron chi connectivity index (χ3n) is 6.01. The summed E-state index contributed by atoms with van der Waals surface area (Å²) in [5.41, 5.74) is 2.48. The summed E-state index contributed by atoms with van der Waals surface area (Å²) < 4.78 is 71.3. The number of rotatable bonds is 4. The van der Waals surface area contributed by atoms with Crippen molar-refractivity contribution in [2.24, 2.45) is 5.41 Å². The maximum Gasteiger partial charge on any atom is 0.267 e. The van der Waals surface area contributed by atoms with Crippen molar-refractivity contribution in [3.8, 4) is 0 Å². The molecule has 1 aromatic carbocycles. The first-order valence-corrected chi connectivity index (χ1v) is 11.0. The van der Waals surface area contributed by atoms with E-state index in [2.05, 4.69) is 4.74 Å². The Hall–Kier alpha value is -1.86. The zero-order valence-corrected chi connectivity index (χ0v) is 16.5. The van der Waals surface area contributed by atoms with E-state index in [0.717, 1.165) is 49.8 Å². The van der Waals surface area contributed by atoms with E-state index < -0.39 is 33.8 Å². The van der Waals surface area contributed by atoms with Crippen LogP contribution in [0.5, 0.6) is 0 Å². The highest BCUT2D eigenvalue weighted by atomic mass is 32.2. The van der Waals surface area contributed by atoms with Crippen molar-refractivity contribution in [2.75, 3.05) is 13.4 Å². The zero-order valence-electron chi connectivity index (χ0n) is 15.7. The third-order valence-corrected chi connectivity index (χ3v) is 7.14. The Bertz CT molecular complexity index is 1030. The molecule has 3 nitrogen and oxygen atoms in total. The van der Waals surface area contributed by atoms with Crippen LogP contribution in [0.3, 0.4) is 0 Å². The molecular weight excluding hydrogens is 389 g/mol. The lowest BCUT2D eigenvalue weighted by Gasteiger charge is -2.26. The van der Waals surface area contributed by atoms with Crippen LogP contribution in [0.4, 0.5) is 13.2 Å². The molecular formula is C21H21F3O3S. The smallest absolute Gasteiger partial charge is 0.267 e. The monoisotopic (exact) mass is 410 g/mol.